The lowest BCUT2D eigenvalue weighted by molar-refractivity contribution is -0.123. The third-order valence-electron chi connectivity index (χ3n) is 5.20. The maximum absolute atomic E-state index is 14.3. The van der Waals surface area contributed by atoms with E-state index < -0.39 is 45.4 Å². The number of carbonyl (C=O) groups excluding carboxylic acids is 1. The van der Waals surface area contributed by atoms with Crippen LogP contribution in [0, 0.1) is 17.6 Å². The summed E-state index contributed by atoms with van der Waals surface area (Å²) in [5.41, 5.74) is 0.108. The van der Waals surface area contributed by atoms with E-state index in [0.717, 1.165) is 48.1 Å². The molecule has 1 aliphatic rings. The fourth-order valence-electron chi connectivity index (χ4n) is 3.55. The molecule has 1 unspecified atom stereocenters. The predicted octanol–water partition coefficient (Wildman–Crippen LogP) is 4.49. The smallest absolute Gasteiger partial charge is 0.271 e. The third-order valence-corrected chi connectivity index (χ3v) is 7.82. The lowest BCUT2D eigenvalue weighted by Gasteiger charge is -2.26. The Bertz CT molecular complexity index is 1290. The number of hydrogen-bond acceptors (Lipinski definition) is 6. The number of ether oxygens (including phenoxy) is 1. The van der Waals surface area contributed by atoms with Crippen LogP contribution < -0.4 is 10.1 Å². The molecule has 1 N–H and O–H groups in total. The van der Waals surface area contributed by atoms with Gasteiger partial charge in [0.15, 0.2) is 16.7 Å². The minimum absolute atomic E-state index is 0.0480. The average molecular weight is 512 g/mol. The van der Waals surface area contributed by atoms with E-state index in [1.807, 2.05) is 0 Å². The number of hydrogen-bond donors (Lipinski definition) is 1. The molecular formula is C22H20F3N3O4S2. The van der Waals surface area contributed by atoms with Crippen LogP contribution >= 0.6 is 11.3 Å². The quantitative estimate of drug-likeness (QED) is 0.505. The summed E-state index contributed by atoms with van der Waals surface area (Å²) in [6.45, 7) is 0.784. The van der Waals surface area contributed by atoms with Crippen LogP contribution in [0.2, 0.25) is 0 Å². The highest BCUT2D eigenvalue weighted by molar-refractivity contribution is 7.89. The molecule has 1 aromatic heterocycles. The molecule has 1 fully saturated rings. The Morgan fingerprint density at radius 2 is 1.85 bits per heavy atom. The van der Waals surface area contributed by atoms with Crippen molar-refractivity contribution < 1.29 is 31.1 Å². The number of nitrogens with one attached hydrogen (secondary N) is 1. The maximum atomic E-state index is 14.3. The van der Waals surface area contributed by atoms with Gasteiger partial charge in [0.2, 0.25) is 22.1 Å². The second-order valence-electron chi connectivity index (χ2n) is 7.57. The average Bonchev–Trinajstić information content (AvgIpc) is 3.23. The first-order valence-corrected chi connectivity index (χ1v) is 12.7. The Morgan fingerprint density at radius 3 is 2.53 bits per heavy atom. The Morgan fingerprint density at radius 1 is 1.09 bits per heavy atom. The summed E-state index contributed by atoms with van der Waals surface area (Å²) < 4.78 is 74.0. The Kier molecular flexibility index (Phi) is 7.19. The molecule has 1 aliphatic heterocycles. The maximum Gasteiger partial charge on any atom is 0.271 e. The highest BCUT2D eigenvalue weighted by Gasteiger charge is 2.30. The fraction of sp³-hybridized carbons (Fsp3) is 0.273. The van der Waals surface area contributed by atoms with Crippen LogP contribution in [0.25, 0.3) is 0 Å². The zero-order valence-corrected chi connectivity index (χ0v) is 19.3. The van der Waals surface area contributed by atoms with Crippen LogP contribution in [0.1, 0.15) is 30.9 Å². The van der Waals surface area contributed by atoms with Crippen LogP contribution in [0.5, 0.6) is 5.75 Å². The van der Waals surface area contributed by atoms with E-state index in [4.69, 9.17) is 4.74 Å². The summed E-state index contributed by atoms with van der Waals surface area (Å²) in [7, 11) is -3.82. The Hall–Kier alpha value is -2.96. The summed E-state index contributed by atoms with van der Waals surface area (Å²) in [6.07, 6.45) is 0.911. The number of sulfonamides is 1. The normalized spacial score (nSPS) is 15.6. The predicted molar refractivity (Wildman–Crippen MR) is 119 cm³/mol. The standard InChI is InChI=1S/C22H20F3N3O4S2/c23-15-7-8-18(17(24)12-15)32-20(21(29)27-22-26-19(25)13-33-22)14-5-4-6-16(11-14)34(30,31)28-9-2-1-3-10-28/h4-8,11-13,20H,1-3,9-10H2,(H,26,27,29). The number of piperidine rings is 1. The lowest BCUT2D eigenvalue weighted by atomic mass is 10.1. The zero-order valence-electron chi connectivity index (χ0n) is 17.7. The molecule has 180 valence electrons. The molecule has 1 saturated heterocycles. The molecule has 0 saturated carbocycles. The minimum Gasteiger partial charge on any atom is -0.473 e. The number of aromatic nitrogens is 1. The SMILES string of the molecule is O=C(Nc1nc(F)cs1)C(Oc1ccc(F)cc1F)c1cccc(S(=O)(=O)N2CCCCC2)c1. The summed E-state index contributed by atoms with van der Waals surface area (Å²) in [5.74, 6) is -3.94. The summed E-state index contributed by atoms with van der Waals surface area (Å²) in [6, 6.07) is 8.14. The van der Waals surface area contributed by atoms with Gasteiger partial charge in [-0.1, -0.05) is 18.6 Å². The summed E-state index contributed by atoms with van der Waals surface area (Å²) >= 11 is 0.828. The van der Waals surface area contributed by atoms with Crippen molar-refractivity contribution in [1.82, 2.24) is 9.29 Å². The monoisotopic (exact) mass is 511 g/mol. The van der Waals surface area contributed by atoms with Gasteiger partial charge >= 0.3 is 0 Å². The molecule has 2 aromatic carbocycles. The molecule has 0 bridgehead atoms. The molecule has 1 amide bonds. The van der Waals surface area contributed by atoms with Crippen LogP contribution in [-0.2, 0) is 14.8 Å². The summed E-state index contributed by atoms with van der Waals surface area (Å²) in [4.78, 5) is 16.5. The molecule has 0 aliphatic carbocycles. The molecule has 1 atom stereocenters. The van der Waals surface area contributed by atoms with Crippen LogP contribution in [0.3, 0.4) is 0 Å². The van der Waals surface area contributed by atoms with Gasteiger partial charge in [-0.3, -0.25) is 10.1 Å². The number of thiazole rings is 1. The second-order valence-corrected chi connectivity index (χ2v) is 10.4. The van der Waals surface area contributed by atoms with E-state index in [1.165, 1.54) is 28.6 Å². The molecule has 0 radical (unpaired) electrons. The molecule has 3 aromatic rings. The number of rotatable bonds is 7. The van der Waals surface area contributed by atoms with Crippen molar-refractivity contribution in [2.24, 2.45) is 0 Å². The zero-order chi connectivity index (χ0) is 24.3. The van der Waals surface area contributed by atoms with Crippen molar-refractivity contribution in [3.05, 3.63) is 71.0 Å². The molecule has 2 heterocycles. The van der Waals surface area contributed by atoms with E-state index >= 15 is 0 Å². The highest BCUT2D eigenvalue weighted by Crippen LogP contribution is 2.29. The highest BCUT2D eigenvalue weighted by atomic mass is 32.2. The van der Waals surface area contributed by atoms with Gasteiger partial charge in [0.1, 0.15) is 5.82 Å². The van der Waals surface area contributed by atoms with Crippen molar-refractivity contribution in [2.45, 2.75) is 30.3 Å². The first-order valence-electron chi connectivity index (χ1n) is 10.4. The van der Waals surface area contributed by atoms with Gasteiger partial charge in [0.05, 0.1) is 4.90 Å². The number of nitrogens with zero attached hydrogens (tertiary/aromatic N) is 2. The first-order chi connectivity index (χ1) is 16.2. The Labute approximate surface area is 198 Å². The second kappa shape index (κ2) is 10.1. The third kappa shape index (κ3) is 5.40. The Balaban J connectivity index is 1.69. The van der Waals surface area contributed by atoms with Gasteiger partial charge in [-0.15, -0.1) is 11.3 Å². The molecule has 7 nitrogen and oxygen atoms in total. The number of amides is 1. The van der Waals surface area contributed by atoms with Crippen molar-refractivity contribution in [3.63, 3.8) is 0 Å². The van der Waals surface area contributed by atoms with Crippen LogP contribution in [0.4, 0.5) is 18.3 Å². The van der Waals surface area contributed by atoms with Gasteiger partial charge < -0.3 is 4.74 Å². The topological polar surface area (TPSA) is 88.6 Å². The van der Waals surface area contributed by atoms with Gasteiger partial charge in [-0.2, -0.15) is 13.7 Å². The number of benzene rings is 2. The lowest BCUT2D eigenvalue weighted by Crippen LogP contribution is -2.35. The largest absolute Gasteiger partial charge is 0.473 e. The van der Waals surface area contributed by atoms with E-state index in [0.29, 0.717) is 19.2 Å². The van der Waals surface area contributed by atoms with E-state index in [9.17, 15) is 26.4 Å². The van der Waals surface area contributed by atoms with Crippen molar-refractivity contribution in [1.29, 1.82) is 0 Å². The summed E-state index contributed by atoms with van der Waals surface area (Å²) in [5, 5.41) is 3.40. The van der Waals surface area contributed by atoms with Crippen LogP contribution in [0.15, 0.2) is 52.7 Å². The molecule has 34 heavy (non-hydrogen) atoms. The minimum atomic E-state index is -3.82. The van der Waals surface area contributed by atoms with Gasteiger partial charge in [0, 0.05) is 30.1 Å². The molecule has 0 spiro atoms. The molecular weight excluding hydrogens is 491 g/mol. The van der Waals surface area contributed by atoms with Crippen molar-refractivity contribution in [2.75, 3.05) is 18.4 Å². The van der Waals surface area contributed by atoms with Crippen LogP contribution in [-0.4, -0.2) is 36.7 Å². The van der Waals surface area contributed by atoms with E-state index in [-0.39, 0.29) is 15.6 Å². The number of halogens is 3. The van der Waals surface area contributed by atoms with Gasteiger partial charge in [-0.25, -0.2) is 17.2 Å². The molecule has 4 rings (SSSR count). The molecule has 12 heteroatoms. The van der Waals surface area contributed by atoms with Crippen molar-refractivity contribution in [3.8, 4) is 5.75 Å². The van der Waals surface area contributed by atoms with Gasteiger partial charge in [0.25, 0.3) is 5.91 Å². The number of anilines is 1. The van der Waals surface area contributed by atoms with E-state index in [1.54, 1.807) is 0 Å². The number of carbonyl (C=O) groups is 1. The fourth-order valence-corrected chi connectivity index (χ4v) is 5.68. The van der Waals surface area contributed by atoms with E-state index in [2.05, 4.69) is 10.3 Å². The van der Waals surface area contributed by atoms with Gasteiger partial charge in [-0.05, 0) is 37.1 Å². The first kappa shape index (κ1) is 24.2. The van der Waals surface area contributed by atoms with Crippen molar-refractivity contribution >= 4 is 32.4 Å².